The van der Waals surface area contributed by atoms with Gasteiger partial charge in [-0.05, 0) is 66.4 Å². The molecule has 2 aliphatic rings. The summed E-state index contributed by atoms with van der Waals surface area (Å²) in [7, 11) is -3.80. The molecule has 0 unspecified atom stereocenters. The minimum absolute atomic E-state index is 0.00663. The molecule has 2 fully saturated rings. The summed E-state index contributed by atoms with van der Waals surface area (Å²) < 4.78 is 40.7. The van der Waals surface area contributed by atoms with Crippen molar-refractivity contribution in [2.45, 2.75) is 24.2 Å². The lowest BCUT2D eigenvalue weighted by atomic mass is 10.0. The fourth-order valence-electron chi connectivity index (χ4n) is 4.36. The number of halogens is 1. The molecule has 0 bridgehead atoms. The van der Waals surface area contributed by atoms with Gasteiger partial charge >= 0.3 is 0 Å². The predicted molar refractivity (Wildman–Crippen MR) is 131 cm³/mol. The van der Waals surface area contributed by atoms with Crippen molar-refractivity contribution in [1.82, 2.24) is 9.21 Å². The first-order valence-electron chi connectivity index (χ1n) is 11.7. The van der Waals surface area contributed by atoms with Crippen LogP contribution in [0.3, 0.4) is 0 Å². The lowest BCUT2D eigenvalue weighted by Crippen LogP contribution is -2.37. The van der Waals surface area contributed by atoms with Crippen LogP contribution in [0.4, 0.5) is 10.1 Å². The van der Waals surface area contributed by atoms with Crippen molar-refractivity contribution < 1.29 is 22.4 Å². The standard InChI is InChI=1S/C26H26FN3O4S/c27-21-8-10-22(11-9-21)35(33,34)30-13-3-12-29(14-15-30)26(32)23-16-19-4-1-2-5-20(19)17-24(23)28-25(31)18-6-7-18/h1-2,4-5,8-11,16-18H,3,6-7,12-15H2,(H,28,31). The van der Waals surface area contributed by atoms with Gasteiger partial charge in [0.2, 0.25) is 15.9 Å². The van der Waals surface area contributed by atoms with Crippen molar-refractivity contribution in [2.24, 2.45) is 5.92 Å². The number of nitrogens with zero attached hydrogens (tertiary/aromatic N) is 2. The first-order chi connectivity index (χ1) is 16.8. The van der Waals surface area contributed by atoms with Crippen molar-refractivity contribution in [3.63, 3.8) is 0 Å². The zero-order valence-electron chi connectivity index (χ0n) is 19.1. The van der Waals surface area contributed by atoms with Crippen LogP contribution in [0.5, 0.6) is 0 Å². The Morgan fingerprint density at radius 1 is 0.886 bits per heavy atom. The van der Waals surface area contributed by atoms with Crippen LogP contribution >= 0.6 is 0 Å². The van der Waals surface area contributed by atoms with Crippen molar-refractivity contribution >= 4 is 38.3 Å². The maximum absolute atomic E-state index is 13.6. The van der Waals surface area contributed by atoms with Gasteiger partial charge < -0.3 is 10.2 Å². The summed E-state index contributed by atoms with van der Waals surface area (Å²) in [5, 5.41) is 4.74. The molecule has 2 amide bonds. The second-order valence-corrected chi connectivity index (χ2v) is 11.0. The summed E-state index contributed by atoms with van der Waals surface area (Å²) in [5.41, 5.74) is 0.873. The van der Waals surface area contributed by atoms with E-state index in [4.69, 9.17) is 0 Å². The summed E-state index contributed by atoms with van der Waals surface area (Å²) in [6.07, 6.45) is 2.17. The fraction of sp³-hybridized carbons (Fsp3) is 0.308. The van der Waals surface area contributed by atoms with Crippen molar-refractivity contribution in [3.05, 3.63) is 72.0 Å². The normalized spacial score (nSPS) is 17.2. The van der Waals surface area contributed by atoms with Crippen LogP contribution in [0, 0.1) is 11.7 Å². The molecule has 9 heteroatoms. The lowest BCUT2D eigenvalue weighted by molar-refractivity contribution is -0.117. The van der Waals surface area contributed by atoms with Gasteiger partial charge in [0.1, 0.15) is 5.82 Å². The molecule has 1 heterocycles. The van der Waals surface area contributed by atoms with Gasteiger partial charge in [-0.2, -0.15) is 4.31 Å². The summed E-state index contributed by atoms with van der Waals surface area (Å²) in [5.74, 6) is -0.839. The van der Waals surface area contributed by atoms with E-state index in [1.807, 2.05) is 30.3 Å². The number of hydrogen-bond acceptors (Lipinski definition) is 4. The third kappa shape index (κ3) is 4.92. The van der Waals surface area contributed by atoms with Crippen LogP contribution < -0.4 is 5.32 Å². The molecule has 1 saturated carbocycles. The molecule has 5 rings (SSSR count). The van der Waals surface area contributed by atoms with Gasteiger partial charge in [-0.3, -0.25) is 9.59 Å². The van der Waals surface area contributed by atoms with Crippen LogP contribution in [0.2, 0.25) is 0 Å². The van der Waals surface area contributed by atoms with E-state index in [1.54, 1.807) is 11.0 Å². The molecule has 1 aliphatic carbocycles. The molecule has 3 aromatic carbocycles. The number of amides is 2. The third-order valence-electron chi connectivity index (χ3n) is 6.52. The second kappa shape index (κ2) is 9.39. The topological polar surface area (TPSA) is 86.8 Å². The number of anilines is 1. The van der Waals surface area contributed by atoms with E-state index in [-0.39, 0.29) is 42.3 Å². The largest absolute Gasteiger partial charge is 0.337 e. The highest BCUT2D eigenvalue weighted by molar-refractivity contribution is 7.89. The Balaban J connectivity index is 1.39. The number of benzene rings is 3. The molecule has 1 saturated heterocycles. The molecule has 1 aliphatic heterocycles. The number of carbonyl (C=O) groups is 2. The molecule has 0 atom stereocenters. The van der Waals surface area contributed by atoms with Crippen molar-refractivity contribution in [1.29, 1.82) is 0 Å². The van der Waals surface area contributed by atoms with E-state index in [9.17, 15) is 22.4 Å². The summed E-state index contributed by atoms with van der Waals surface area (Å²) in [4.78, 5) is 27.8. The van der Waals surface area contributed by atoms with E-state index < -0.39 is 15.8 Å². The molecule has 0 spiro atoms. The summed E-state index contributed by atoms with van der Waals surface area (Å²) in [6, 6.07) is 16.0. The minimum atomic E-state index is -3.80. The van der Waals surface area contributed by atoms with Gasteiger partial charge in [-0.1, -0.05) is 24.3 Å². The maximum atomic E-state index is 13.6. The van der Waals surface area contributed by atoms with Gasteiger partial charge in [0.05, 0.1) is 16.1 Å². The van der Waals surface area contributed by atoms with E-state index >= 15 is 0 Å². The van der Waals surface area contributed by atoms with Crippen LogP contribution in [0.1, 0.15) is 29.6 Å². The summed E-state index contributed by atoms with van der Waals surface area (Å²) in [6.45, 7) is 0.981. The zero-order chi connectivity index (χ0) is 24.6. The first kappa shape index (κ1) is 23.4. The average Bonchev–Trinajstić information content (AvgIpc) is 3.71. The highest BCUT2D eigenvalue weighted by Crippen LogP contribution is 2.32. The minimum Gasteiger partial charge on any atom is -0.337 e. The van der Waals surface area contributed by atoms with Crippen LogP contribution in [-0.4, -0.2) is 55.6 Å². The van der Waals surface area contributed by atoms with Crippen molar-refractivity contribution in [3.8, 4) is 0 Å². The highest BCUT2D eigenvalue weighted by Gasteiger charge is 2.32. The molecular formula is C26H26FN3O4S. The van der Waals surface area contributed by atoms with Gasteiger partial charge in [0.25, 0.3) is 5.91 Å². The zero-order valence-corrected chi connectivity index (χ0v) is 19.9. The Kier molecular flexibility index (Phi) is 6.29. The fourth-order valence-corrected chi connectivity index (χ4v) is 5.83. The number of fused-ring (bicyclic) bond motifs is 1. The van der Waals surface area contributed by atoms with Gasteiger partial charge in [0, 0.05) is 32.1 Å². The molecule has 1 N–H and O–H groups in total. The van der Waals surface area contributed by atoms with E-state index in [0.717, 1.165) is 35.7 Å². The quantitative estimate of drug-likeness (QED) is 0.582. The first-order valence-corrected chi connectivity index (χ1v) is 13.2. The van der Waals surface area contributed by atoms with Crippen molar-refractivity contribution in [2.75, 3.05) is 31.5 Å². The Hall–Kier alpha value is -3.30. The van der Waals surface area contributed by atoms with Gasteiger partial charge in [-0.15, -0.1) is 0 Å². The SMILES string of the molecule is O=C(Nc1cc2ccccc2cc1C(=O)N1CCCN(S(=O)(=O)c2ccc(F)cc2)CC1)C1CC1. The molecule has 0 aromatic heterocycles. The molecule has 7 nitrogen and oxygen atoms in total. The Morgan fingerprint density at radius 3 is 2.26 bits per heavy atom. The number of rotatable bonds is 5. The van der Waals surface area contributed by atoms with Gasteiger partial charge in [-0.25, -0.2) is 12.8 Å². The number of carbonyl (C=O) groups excluding carboxylic acids is 2. The molecule has 3 aromatic rings. The number of nitrogens with one attached hydrogen (secondary N) is 1. The Bertz CT molecular complexity index is 1390. The van der Waals surface area contributed by atoms with Crippen LogP contribution in [0.25, 0.3) is 10.8 Å². The smallest absolute Gasteiger partial charge is 0.256 e. The second-order valence-electron chi connectivity index (χ2n) is 9.01. The lowest BCUT2D eigenvalue weighted by Gasteiger charge is -2.23. The highest BCUT2D eigenvalue weighted by atomic mass is 32.2. The predicted octanol–water partition coefficient (Wildman–Crippen LogP) is 3.86. The Morgan fingerprint density at radius 2 is 1.57 bits per heavy atom. The van der Waals surface area contributed by atoms with E-state index in [1.165, 1.54) is 16.4 Å². The summed E-state index contributed by atoms with van der Waals surface area (Å²) >= 11 is 0. The third-order valence-corrected chi connectivity index (χ3v) is 8.43. The molecule has 0 radical (unpaired) electrons. The van der Waals surface area contributed by atoms with E-state index in [0.29, 0.717) is 24.2 Å². The van der Waals surface area contributed by atoms with Gasteiger partial charge in [0.15, 0.2) is 0 Å². The number of sulfonamides is 1. The number of hydrogen-bond donors (Lipinski definition) is 1. The Labute approximate surface area is 203 Å². The van der Waals surface area contributed by atoms with E-state index in [2.05, 4.69) is 5.32 Å². The average molecular weight is 496 g/mol. The van der Waals surface area contributed by atoms with Crippen LogP contribution in [0.15, 0.2) is 65.6 Å². The monoisotopic (exact) mass is 495 g/mol. The van der Waals surface area contributed by atoms with Crippen LogP contribution in [-0.2, 0) is 14.8 Å². The maximum Gasteiger partial charge on any atom is 0.256 e. The molecular weight excluding hydrogens is 469 g/mol. The molecule has 35 heavy (non-hydrogen) atoms. The molecule has 182 valence electrons.